The second-order valence-corrected chi connectivity index (χ2v) is 11.0. The molecule has 2 heterocycles. The SMILES string of the molecule is CC(C)(C)C(N)C(=O)N1CCCC1B1OC2C3CC(C[C@]2(C)O1)C3(C)C. The molecule has 5 unspecified atom stereocenters. The Hall–Kier alpha value is -0.585. The number of nitrogens with zero attached hydrogens (tertiary/aromatic N) is 1. The second kappa shape index (κ2) is 5.71. The third-order valence-corrected chi connectivity index (χ3v) is 7.93. The lowest BCUT2D eigenvalue weighted by molar-refractivity contribution is -0.185. The maximum atomic E-state index is 13.0. The third-order valence-electron chi connectivity index (χ3n) is 7.93. The molecule has 2 aliphatic heterocycles. The van der Waals surface area contributed by atoms with Crippen LogP contribution in [-0.4, -0.2) is 48.2 Å². The first-order chi connectivity index (χ1) is 11.9. The molecule has 2 saturated heterocycles. The van der Waals surface area contributed by atoms with E-state index in [4.69, 9.17) is 15.0 Å². The molecule has 26 heavy (non-hydrogen) atoms. The van der Waals surface area contributed by atoms with Crippen LogP contribution in [0.4, 0.5) is 0 Å². The second-order valence-electron chi connectivity index (χ2n) is 11.0. The summed E-state index contributed by atoms with van der Waals surface area (Å²) in [6.07, 6.45) is 4.41. The zero-order valence-corrected chi connectivity index (χ0v) is 17.2. The van der Waals surface area contributed by atoms with Crippen molar-refractivity contribution in [1.29, 1.82) is 0 Å². The first-order valence-corrected chi connectivity index (χ1v) is 10.3. The van der Waals surface area contributed by atoms with E-state index in [9.17, 15) is 4.79 Å². The number of hydrogen-bond donors (Lipinski definition) is 1. The van der Waals surface area contributed by atoms with Gasteiger partial charge >= 0.3 is 7.12 Å². The molecule has 0 aromatic heterocycles. The lowest BCUT2D eigenvalue weighted by atomic mass is 9.45. The minimum atomic E-state index is -0.492. The highest BCUT2D eigenvalue weighted by molar-refractivity contribution is 6.48. The van der Waals surface area contributed by atoms with Crippen molar-refractivity contribution in [3.63, 3.8) is 0 Å². The van der Waals surface area contributed by atoms with E-state index in [1.165, 1.54) is 6.42 Å². The van der Waals surface area contributed by atoms with E-state index in [1.54, 1.807) is 0 Å². The molecule has 5 rings (SSSR count). The van der Waals surface area contributed by atoms with Crippen molar-refractivity contribution < 1.29 is 14.1 Å². The number of nitrogens with two attached hydrogens (primary N) is 1. The van der Waals surface area contributed by atoms with Gasteiger partial charge < -0.3 is 19.9 Å². The van der Waals surface area contributed by atoms with E-state index < -0.39 is 6.04 Å². The number of carbonyl (C=O) groups excluding carboxylic acids is 1. The number of carbonyl (C=O) groups is 1. The van der Waals surface area contributed by atoms with E-state index in [1.807, 2.05) is 25.7 Å². The molecular weight excluding hydrogens is 327 g/mol. The molecular formula is C20H35BN2O3. The minimum absolute atomic E-state index is 0.00126. The first-order valence-electron chi connectivity index (χ1n) is 10.3. The van der Waals surface area contributed by atoms with Gasteiger partial charge in [-0.15, -0.1) is 0 Å². The highest BCUT2D eigenvalue weighted by atomic mass is 16.7. The Morgan fingerprint density at radius 1 is 1.31 bits per heavy atom. The molecule has 5 nitrogen and oxygen atoms in total. The van der Waals surface area contributed by atoms with Gasteiger partial charge in [0.1, 0.15) is 0 Å². The number of likely N-dealkylation sites (tertiary alicyclic amines) is 1. The van der Waals surface area contributed by atoms with Crippen LogP contribution in [0.1, 0.15) is 67.2 Å². The van der Waals surface area contributed by atoms with Gasteiger partial charge in [0, 0.05) is 6.54 Å². The molecule has 2 N–H and O–H groups in total. The summed E-state index contributed by atoms with van der Waals surface area (Å²) in [4.78, 5) is 15.0. The predicted octanol–water partition coefficient (Wildman–Crippen LogP) is 2.62. The first kappa shape index (κ1) is 18.8. The molecule has 3 saturated carbocycles. The van der Waals surface area contributed by atoms with Crippen molar-refractivity contribution in [1.82, 2.24) is 4.90 Å². The van der Waals surface area contributed by atoms with Gasteiger partial charge in [0.05, 0.1) is 23.7 Å². The average molecular weight is 362 g/mol. The Morgan fingerprint density at radius 3 is 2.62 bits per heavy atom. The van der Waals surface area contributed by atoms with Gasteiger partial charge in [0.25, 0.3) is 0 Å². The van der Waals surface area contributed by atoms with Crippen LogP contribution >= 0.6 is 0 Å². The molecule has 2 bridgehead atoms. The summed E-state index contributed by atoms with van der Waals surface area (Å²) in [5.74, 6) is 1.33. The fourth-order valence-corrected chi connectivity index (χ4v) is 5.81. The average Bonchev–Trinajstić information content (AvgIpc) is 3.15. The van der Waals surface area contributed by atoms with E-state index in [0.717, 1.165) is 31.7 Å². The highest BCUT2D eigenvalue weighted by Gasteiger charge is 2.68. The molecule has 5 aliphatic rings. The maximum Gasteiger partial charge on any atom is 0.481 e. The molecule has 5 fully saturated rings. The van der Waals surface area contributed by atoms with Gasteiger partial charge in [-0.25, -0.2) is 0 Å². The molecule has 0 spiro atoms. The molecule has 6 atom stereocenters. The standard InChI is InChI=1S/C20H35BN2O3/c1-18(2,3)15(22)17(24)23-9-7-8-14(23)21-25-16-13-10-12(19(13,4)5)11-20(16,6)26-21/h12-16H,7-11,22H2,1-6H3/t12?,13?,14?,15?,16?,20-/m0/s1. The Labute approximate surface area is 158 Å². The van der Waals surface area contributed by atoms with Gasteiger partial charge in [0.2, 0.25) is 5.91 Å². The minimum Gasteiger partial charge on any atom is -0.404 e. The molecule has 0 radical (unpaired) electrons. The smallest absolute Gasteiger partial charge is 0.404 e. The maximum absolute atomic E-state index is 13.0. The molecule has 0 aromatic carbocycles. The summed E-state index contributed by atoms with van der Waals surface area (Å²) < 4.78 is 13.0. The Balaban J connectivity index is 1.51. The van der Waals surface area contributed by atoms with Gasteiger partial charge in [-0.3, -0.25) is 4.79 Å². The molecule has 6 heteroatoms. The van der Waals surface area contributed by atoms with Crippen LogP contribution in [0.25, 0.3) is 0 Å². The summed E-state index contributed by atoms with van der Waals surface area (Å²) in [7, 11) is -0.307. The molecule has 3 aliphatic carbocycles. The Morgan fingerprint density at radius 2 is 2.00 bits per heavy atom. The zero-order valence-electron chi connectivity index (χ0n) is 17.2. The molecule has 1 amide bonds. The van der Waals surface area contributed by atoms with Crippen molar-refractivity contribution in [2.75, 3.05) is 6.54 Å². The highest BCUT2D eigenvalue weighted by Crippen LogP contribution is 2.64. The van der Waals surface area contributed by atoms with Gasteiger partial charge in [-0.2, -0.15) is 0 Å². The van der Waals surface area contributed by atoms with Crippen LogP contribution in [0.5, 0.6) is 0 Å². The van der Waals surface area contributed by atoms with Gasteiger partial charge in [-0.05, 0) is 55.3 Å². The summed E-state index contributed by atoms with van der Waals surface area (Å²) in [6.45, 7) is 13.8. The summed E-state index contributed by atoms with van der Waals surface area (Å²) in [5.41, 5.74) is 6.18. The van der Waals surface area contributed by atoms with Crippen LogP contribution in [0.3, 0.4) is 0 Å². The Bertz CT molecular complexity index is 604. The van der Waals surface area contributed by atoms with Crippen LogP contribution in [-0.2, 0) is 14.1 Å². The van der Waals surface area contributed by atoms with Crippen LogP contribution < -0.4 is 5.73 Å². The summed E-state index contributed by atoms with van der Waals surface area (Å²) in [6, 6.07) is -0.492. The molecule has 146 valence electrons. The lowest BCUT2D eigenvalue weighted by Gasteiger charge is -2.63. The fraction of sp³-hybridized carbons (Fsp3) is 0.950. The van der Waals surface area contributed by atoms with Crippen molar-refractivity contribution in [3.05, 3.63) is 0 Å². The fourth-order valence-electron chi connectivity index (χ4n) is 5.81. The van der Waals surface area contributed by atoms with Crippen molar-refractivity contribution in [2.24, 2.45) is 28.4 Å². The van der Waals surface area contributed by atoms with Crippen molar-refractivity contribution in [3.8, 4) is 0 Å². The van der Waals surface area contributed by atoms with Crippen LogP contribution in [0, 0.1) is 22.7 Å². The Kier molecular flexibility index (Phi) is 4.12. The van der Waals surface area contributed by atoms with Gasteiger partial charge in [0.15, 0.2) is 0 Å². The normalized spacial score (nSPS) is 42.4. The number of hydrogen-bond acceptors (Lipinski definition) is 4. The molecule has 0 aromatic rings. The third kappa shape index (κ3) is 2.59. The summed E-state index contributed by atoms with van der Waals surface area (Å²) >= 11 is 0. The van der Waals surface area contributed by atoms with Crippen molar-refractivity contribution in [2.45, 2.75) is 90.9 Å². The predicted molar refractivity (Wildman–Crippen MR) is 102 cm³/mol. The van der Waals surface area contributed by atoms with E-state index in [-0.39, 0.29) is 36.1 Å². The number of amides is 1. The largest absolute Gasteiger partial charge is 0.481 e. The summed E-state index contributed by atoms with van der Waals surface area (Å²) in [5, 5.41) is 0. The van der Waals surface area contributed by atoms with Crippen LogP contribution in [0.2, 0.25) is 0 Å². The quantitative estimate of drug-likeness (QED) is 0.767. The number of rotatable bonds is 2. The van der Waals surface area contributed by atoms with E-state index in [0.29, 0.717) is 11.3 Å². The van der Waals surface area contributed by atoms with Crippen molar-refractivity contribution >= 4 is 13.0 Å². The van der Waals surface area contributed by atoms with Gasteiger partial charge in [-0.1, -0.05) is 34.6 Å². The monoisotopic (exact) mass is 362 g/mol. The lowest BCUT2D eigenvalue weighted by Crippen LogP contribution is -2.63. The van der Waals surface area contributed by atoms with Crippen LogP contribution in [0.15, 0.2) is 0 Å². The topological polar surface area (TPSA) is 64.8 Å². The van der Waals surface area contributed by atoms with E-state index in [2.05, 4.69) is 20.8 Å². The van der Waals surface area contributed by atoms with E-state index >= 15 is 0 Å². The zero-order chi connectivity index (χ0) is 19.1.